The number of carbonyl (C=O) groups excluding carboxylic acids is 2. The molecule has 65 valence electrons. The van der Waals surface area contributed by atoms with Gasteiger partial charge in [0.25, 0.3) is 0 Å². The number of aliphatic carboxylic acids is 2. The third-order valence-corrected chi connectivity index (χ3v) is 0.782. The first-order valence-electron chi connectivity index (χ1n) is 2.24. The van der Waals surface area contributed by atoms with Crippen LogP contribution in [0.4, 0.5) is 0 Å². The van der Waals surface area contributed by atoms with Crippen LogP contribution < -0.4 is 10.2 Å². The van der Waals surface area contributed by atoms with Crippen molar-refractivity contribution in [3.8, 4) is 0 Å². The van der Waals surface area contributed by atoms with Crippen LogP contribution in [0.2, 0.25) is 0 Å². The Morgan fingerprint density at radius 1 is 1.00 bits per heavy atom. The van der Waals surface area contributed by atoms with E-state index in [-0.39, 0.29) is 38.8 Å². The number of aliphatic hydroxyl groups is 2. The third-order valence-electron chi connectivity index (χ3n) is 0.782. The first-order chi connectivity index (χ1) is 4.46. The molecule has 0 aliphatic carbocycles. The predicted molar refractivity (Wildman–Crippen MR) is 22.0 cm³/mol. The van der Waals surface area contributed by atoms with Crippen molar-refractivity contribution in [3.63, 3.8) is 0 Å². The maximum atomic E-state index is 9.63. The van der Waals surface area contributed by atoms with Gasteiger partial charge < -0.3 is 30.0 Å². The molecule has 0 amide bonds. The van der Waals surface area contributed by atoms with Crippen molar-refractivity contribution in [2.75, 3.05) is 0 Å². The molecule has 1 radical (unpaired) electrons. The molecule has 0 fully saturated rings. The number of aliphatic hydroxyl groups excluding tert-OH is 2. The average molecular weight is 251 g/mol. The molecule has 0 rings (SSSR count). The fourth-order valence-corrected chi connectivity index (χ4v) is 0.258. The van der Waals surface area contributed by atoms with Crippen LogP contribution in [0.1, 0.15) is 0 Å². The molecular weight excluding hydrogens is 247 g/mol. The summed E-state index contributed by atoms with van der Waals surface area (Å²) in [5.74, 6) is -4.12. The average Bonchev–Trinajstić information content (AvgIpc) is 1.84. The molecule has 0 heterocycles. The Labute approximate surface area is 92.9 Å². The van der Waals surface area contributed by atoms with Gasteiger partial charge in [-0.1, -0.05) is 0 Å². The fourth-order valence-electron chi connectivity index (χ4n) is 0.258. The van der Waals surface area contributed by atoms with Crippen LogP contribution in [0.3, 0.4) is 0 Å². The van der Waals surface area contributed by atoms with E-state index in [1.807, 2.05) is 0 Å². The first kappa shape index (κ1) is 18.0. The van der Waals surface area contributed by atoms with Gasteiger partial charge in [-0.2, -0.15) is 0 Å². The first-order valence-corrected chi connectivity index (χ1v) is 2.24. The van der Waals surface area contributed by atoms with Crippen molar-refractivity contribution >= 4 is 11.9 Å². The van der Waals surface area contributed by atoms with Crippen LogP contribution >= 0.6 is 0 Å². The molecule has 0 aromatic heterocycles. The SMILES string of the molecule is O=C([O-])C(O)C(O)C(=O)[O-].[Mn+2].[Ti+2]. The molecule has 0 aliphatic rings. The quantitative estimate of drug-likeness (QED) is 0.485. The van der Waals surface area contributed by atoms with E-state index in [0.717, 1.165) is 0 Å². The van der Waals surface area contributed by atoms with Crippen LogP contribution in [0.25, 0.3) is 0 Å². The smallest absolute Gasteiger partial charge is 0.547 e. The Kier molecular flexibility index (Phi) is 11.6. The molecule has 0 spiro atoms. The monoisotopic (exact) mass is 251 g/mol. The number of rotatable bonds is 3. The zero-order chi connectivity index (χ0) is 8.31. The van der Waals surface area contributed by atoms with E-state index < -0.39 is 24.1 Å². The van der Waals surface area contributed by atoms with E-state index in [4.69, 9.17) is 10.2 Å². The van der Waals surface area contributed by atoms with Crippen molar-refractivity contribution in [1.29, 1.82) is 0 Å². The molecule has 0 bridgehead atoms. The summed E-state index contributed by atoms with van der Waals surface area (Å²) >= 11 is 0. The molecule has 2 atom stereocenters. The molecule has 12 heavy (non-hydrogen) atoms. The molecule has 6 nitrogen and oxygen atoms in total. The van der Waals surface area contributed by atoms with Gasteiger partial charge in [0.1, 0.15) is 12.2 Å². The number of carbonyl (C=O) groups is 2. The Balaban J connectivity index is -0.000000405. The molecule has 8 heteroatoms. The van der Waals surface area contributed by atoms with E-state index in [2.05, 4.69) is 0 Å². The van der Waals surface area contributed by atoms with Crippen LogP contribution in [-0.2, 0) is 48.4 Å². The van der Waals surface area contributed by atoms with Crippen molar-refractivity contribution < 1.29 is 68.8 Å². The Hall–Kier alpha value is 0.0938. The number of hydrogen-bond acceptors (Lipinski definition) is 6. The summed E-state index contributed by atoms with van der Waals surface area (Å²) in [5.41, 5.74) is 0. The summed E-state index contributed by atoms with van der Waals surface area (Å²) in [7, 11) is 0. The van der Waals surface area contributed by atoms with Gasteiger partial charge in [-0.15, -0.1) is 0 Å². The maximum Gasteiger partial charge on any atom is 2.00 e. The molecule has 0 saturated carbocycles. The van der Waals surface area contributed by atoms with Crippen LogP contribution in [0.15, 0.2) is 0 Å². The largest absolute Gasteiger partial charge is 2.00 e. The van der Waals surface area contributed by atoms with Crippen molar-refractivity contribution in [3.05, 3.63) is 0 Å². The van der Waals surface area contributed by atoms with Crippen LogP contribution in [0.5, 0.6) is 0 Å². The van der Waals surface area contributed by atoms with E-state index in [0.29, 0.717) is 0 Å². The molecule has 0 saturated heterocycles. The van der Waals surface area contributed by atoms with Gasteiger partial charge in [-0.05, 0) is 0 Å². The van der Waals surface area contributed by atoms with Gasteiger partial charge in [-0.3, -0.25) is 0 Å². The second kappa shape index (κ2) is 7.73. The summed E-state index contributed by atoms with van der Waals surface area (Å²) in [4.78, 5) is 19.3. The third kappa shape index (κ3) is 5.71. The van der Waals surface area contributed by atoms with Gasteiger partial charge in [0, 0.05) is 0 Å². The number of carboxylic acids is 2. The van der Waals surface area contributed by atoms with Gasteiger partial charge in [0.15, 0.2) is 0 Å². The topological polar surface area (TPSA) is 121 Å². The molecule has 2 N–H and O–H groups in total. The molecule has 2 unspecified atom stereocenters. The Morgan fingerprint density at radius 2 is 1.17 bits per heavy atom. The van der Waals surface area contributed by atoms with Crippen molar-refractivity contribution in [2.24, 2.45) is 0 Å². The zero-order valence-electron chi connectivity index (χ0n) is 5.56. The minimum absolute atomic E-state index is 0. The summed E-state index contributed by atoms with van der Waals surface area (Å²) in [6, 6.07) is 0. The normalized spacial score (nSPS) is 13.2. The van der Waals surface area contributed by atoms with Crippen LogP contribution in [-0.4, -0.2) is 34.4 Å². The van der Waals surface area contributed by atoms with E-state index in [1.54, 1.807) is 0 Å². The van der Waals surface area contributed by atoms with Gasteiger partial charge >= 0.3 is 38.8 Å². The summed E-state index contributed by atoms with van der Waals surface area (Å²) in [6.45, 7) is 0. The van der Waals surface area contributed by atoms with E-state index >= 15 is 0 Å². The molecule has 0 aliphatic heterocycles. The number of hydrogen-bond donors (Lipinski definition) is 2. The molecule has 0 aromatic rings. The van der Waals surface area contributed by atoms with E-state index in [1.165, 1.54) is 0 Å². The second-order valence-corrected chi connectivity index (χ2v) is 1.53. The molecular formula is C4H4MnO6Ti+2. The van der Waals surface area contributed by atoms with Crippen molar-refractivity contribution in [1.82, 2.24) is 0 Å². The zero-order valence-corrected chi connectivity index (χ0v) is 8.30. The van der Waals surface area contributed by atoms with Crippen LogP contribution in [0, 0.1) is 0 Å². The van der Waals surface area contributed by atoms with E-state index in [9.17, 15) is 19.8 Å². The minimum Gasteiger partial charge on any atom is -0.547 e. The minimum atomic E-state index is -2.44. The predicted octanol–water partition coefficient (Wildman–Crippen LogP) is -4.80. The van der Waals surface area contributed by atoms with Crippen molar-refractivity contribution in [2.45, 2.75) is 12.2 Å². The second-order valence-electron chi connectivity index (χ2n) is 1.53. The molecule has 0 aromatic carbocycles. The maximum absolute atomic E-state index is 9.63. The van der Waals surface area contributed by atoms with Gasteiger partial charge in [0.05, 0.1) is 11.9 Å². The fraction of sp³-hybridized carbons (Fsp3) is 0.500. The summed E-state index contributed by atoms with van der Waals surface area (Å²) in [5, 5.41) is 35.7. The van der Waals surface area contributed by atoms with Gasteiger partial charge in [0.2, 0.25) is 0 Å². The Morgan fingerprint density at radius 3 is 1.25 bits per heavy atom. The van der Waals surface area contributed by atoms with Gasteiger partial charge in [-0.25, -0.2) is 0 Å². The Bertz CT molecular complexity index is 144. The number of carboxylic acid groups (broad SMARTS) is 2. The summed E-state index contributed by atoms with van der Waals surface area (Å²) in [6.07, 6.45) is -4.88. The summed E-state index contributed by atoms with van der Waals surface area (Å²) < 4.78 is 0. The standard InChI is InChI=1S/C4H6O6.Mn.Ti/c5-1(3(7)8)2(6)4(9)10;;/h1-2,5-6H,(H,7,8)(H,9,10);;/q;2*+2/p-2.